The number of carbonyl (C=O) groups excluding carboxylic acids is 1. The van der Waals surface area contributed by atoms with Crippen molar-refractivity contribution in [3.8, 4) is 5.75 Å². The first kappa shape index (κ1) is 19.3. The van der Waals surface area contributed by atoms with Crippen molar-refractivity contribution in [3.63, 3.8) is 0 Å². The summed E-state index contributed by atoms with van der Waals surface area (Å²) >= 11 is 0. The molecule has 3 atom stereocenters. The van der Waals surface area contributed by atoms with Crippen LogP contribution in [0.3, 0.4) is 0 Å². The van der Waals surface area contributed by atoms with Crippen LogP contribution in [0.1, 0.15) is 20.8 Å². The molecule has 1 saturated heterocycles. The molecule has 1 aromatic carbocycles. The predicted octanol–water partition coefficient (Wildman–Crippen LogP) is 1.85. The second-order valence-electron chi connectivity index (χ2n) is 6.88. The lowest BCUT2D eigenvalue weighted by molar-refractivity contribution is -0.250. The number of amides is 1. The van der Waals surface area contributed by atoms with Crippen LogP contribution in [-0.2, 0) is 14.3 Å². The topological polar surface area (TPSA) is 107 Å². The molecule has 0 saturated carbocycles. The van der Waals surface area contributed by atoms with Crippen LogP contribution in [0.25, 0.3) is 11.0 Å². The van der Waals surface area contributed by atoms with E-state index in [1.54, 1.807) is 25.7 Å². The maximum absolute atomic E-state index is 12.0. The van der Waals surface area contributed by atoms with E-state index in [4.69, 9.17) is 18.6 Å². The van der Waals surface area contributed by atoms with Crippen molar-refractivity contribution in [3.05, 3.63) is 41.1 Å². The molecule has 2 heterocycles. The Bertz CT molecular complexity index is 905. The number of hydrogen-bond acceptors (Lipinski definition) is 7. The Morgan fingerprint density at radius 1 is 1.30 bits per heavy atom. The summed E-state index contributed by atoms with van der Waals surface area (Å²) in [4.78, 5) is 23.1. The summed E-state index contributed by atoms with van der Waals surface area (Å²) in [6.07, 6.45) is -0.689. The lowest BCUT2D eigenvalue weighted by atomic mass is 9.92. The van der Waals surface area contributed by atoms with Gasteiger partial charge >= 0.3 is 5.63 Å². The molecule has 8 heteroatoms. The first-order chi connectivity index (χ1) is 12.7. The molecule has 0 bridgehead atoms. The number of methoxy groups -OCH3 is 1. The minimum absolute atomic E-state index is 0.0664. The second-order valence-corrected chi connectivity index (χ2v) is 6.88. The van der Waals surface area contributed by atoms with Crippen LogP contribution >= 0.6 is 0 Å². The van der Waals surface area contributed by atoms with E-state index in [0.29, 0.717) is 11.1 Å². The Morgan fingerprint density at radius 2 is 2.04 bits per heavy atom. The lowest BCUT2D eigenvalue weighted by Crippen LogP contribution is -2.56. The summed E-state index contributed by atoms with van der Waals surface area (Å²) in [6.45, 7) is 4.98. The highest BCUT2D eigenvalue weighted by Gasteiger charge is 2.44. The maximum Gasteiger partial charge on any atom is 0.360 e. The number of ether oxygens (including phenoxy) is 3. The molecular formula is C19H22NO7. The monoisotopic (exact) mass is 376 g/mol. The van der Waals surface area contributed by atoms with E-state index in [2.05, 4.69) is 5.32 Å². The summed E-state index contributed by atoms with van der Waals surface area (Å²) < 4.78 is 22.1. The van der Waals surface area contributed by atoms with Crippen molar-refractivity contribution in [1.82, 2.24) is 0 Å². The second kappa shape index (κ2) is 7.30. The Morgan fingerprint density at radius 3 is 2.70 bits per heavy atom. The average Bonchev–Trinajstić information content (AvgIpc) is 2.58. The molecule has 1 radical (unpaired) electrons. The number of aliphatic hydroxyl groups is 1. The normalized spacial score (nSPS) is 24.6. The Labute approximate surface area is 156 Å². The molecule has 0 aliphatic carbocycles. The number of benzene rings is 1. The van der Waals surface area contributed by atoms with E-state index in [1.807, 2.05) is 13.8 Å². The molecule has 1 fully saturated rings. The zero-order valence-corrected chi connectivity index (χ0v) is 15.5. The van der Waals surface area contributed by atoms with Gasteiger partial charge in [-0.25, -0.2) is 4.79 Å². The molecule has 1 amide bonds. The standard InChI is InChI=1S/C19H22NO7/c1-10(21)20-13-7-11-5-6-12(8-15(11)26-17(13)23)25-18-14(22)9-16(24-4)19(2,3)27-18/h5-9,14,16,18,22H,1-4H3,(H,20,21)/t14-,16-,18-/m1/s1. The van der Waals surface area contributed by atoms with Gasteiger partial charge in [-0.3, -0.25) is 4.79 Å². The van der Waals surface area contributed by atoms with Crippen molar-refractivity contribution in [2.45, 2.75) is 44.9 Å². The van der Waals surface area contributed by atoms with E-state index < -0.39 is 23.6 Å². The fourth-order valence-electron chi connectivity index (χ4n) is 2.97. The number of aliphatic hydroxyl groups excluding tert-OH is 1. The molecule has 0 spiro atoms. The highest BCUT2D eigenvalue weighted by Crippen LogP contribution is 2.32. The number of anilines is 1. The van der Waals surface area contributed by atoms with Crippen LogP contribution in [0.5, 0.6) is 5.75 Å². The smallest absolute Gasteiger partial charge is 0.360 e. The minimum Gasteiger partial charge on any atom is -0.462 e. The highest BCUT2D eigenvalue weighted by atomic mass is 16.7. The van der Waals surface area contributed by atoms with Gasteiger partial charge in [-0.1, -0.05) is 0 Å². The number of carbonyl (C=O) groups is 1. The number of fused-ring (bicyclic) bond motifs is 1. The van der Waals surface area contributed by atoms with Crippen LogP contribution in [0, 0.1) is 6.42 Å². The van der Waals surface area contributed by atoms with Crippen molar-refractivity contribution in [1.29, 1.82) is 0 Å². The lowest BCUT2D eigenvalue weighted by Gasteiger charge is -2.43. The molecule has 3 rings (SSSR count). The van der Waals surface area contributed by atoms with E-state index in [9.17, 15) is 14.7 Å². The van der Waals surface area contributed by atoms with Crippen molar-refractivity contribution in [2.75, 3.05) is 12.4 Å². The molecular weight excluding hydrogens is 354 g/mol. The molecule has 1 aliphatic heterocycles. The fourth-order valence-corrected chi connectivity index (χ4v) is 2.97. The average molecular weight is 376 g/mol. The van der Waals surface area contributed by atoms with E-state index in [0.717, 1.165) is 0 Å². The predicted molar refractivity (Wildman–Crippen MR) is 97.5 cm³/mol. The molecule has 0 unspecified atom stereocenters. The van der Waals surface area contributed by atoms with Crippen LogP contribution in [-0.4, -0.2) is 42.2 Å². The first-order valence-electron chi connectivity index (χ1n) is 8.45. The van der Waals surface area contributed by atoms with Gasteiger partial charge in [0.15, 0.2) is 0 Å². The summed E-state index contributed by atoms with van der Waals surface area (Å²) in [5.41, 5.74) is -0.997. The molecule has 2 N–H and O–H groups in total. The van der Waals surface area contributed by atoms with Crippen molar-refractivity contribution < 1.29 is 28.5 Å². The van der Waals surface area contributed by atoms with Gasteiger partial charge < -0.3 is 29.1 Å². The summed E-state index contributed by atoms with van der Waals surface area (Å²) in [7, 11) is 1.54. The van der Waals surface area contributed by atoms with Crippen LogP contribution in [0.2, 0.25) is 0 Å². The van der Waals surface area contributed by atoms with Crippen LogP contribution < -0.4 is 15.7 Å². The zero-order chi connectivity index (χ0) is 19.8. The van der Waals surface area contributed by atoms with Gasteiger partial charge in [-0.15, -0.1) is 0 Å². The van der Waals surface area contributed by atoms with E-state index in [-0.39, 0.29) is 23.3 Å². The Balaban J connectivity index is 1.83. The Hall–Kier alpha value is -2.42. The van der Waals surface area contributed by atoms with Gasteiger partial charge in [0, 0.05) is 31.9 Å². The van der Waals surface area contributed by atoms with E-state index in [1.165, 1.54) is 19.1 Å². The van der Waals surface area contributed by atoms with Gasteiger partial charge in [0.25, 0.3) is 0 Å². The van der Waals surface area contributed by atoms with Gasteiger partial charge in [0.2, 0.25) is 12.2 Å². The molecule has 1 aromatic heterocycles. The third kappa shape index (κ3) is 4.13. The Kier molecular flexibility index (Phi) is 5.23. The zero-order valence-electron chi connectivity index (χ0n) is 15.5. The number of nitrogens with one attached hydrogen (secondary N) is 1. The first-order valence-corrected chi connectivity index (χ1v) is 8.45. The highest BCUT2D eigenvalue weighted by molar-refractivity contribution is 5.91. The number of hydrogen-bond donors (Lipinski definition) is 2. The number of rotatable bonds is 4. The molecule has 8 nitrogen and oxygen atoms in total. The molecule has 27 heavy (non-hydrogen) atoms. The quantitative estimate of drug-likeness (QED) is 0.784. The van der Waals surface area contributed by atoms with Gasteiger partial charge in [-0.05, 0) is 32.0 Å². The third-order valence-corrected chi connectivity index (χ3v) is 4.28. The third-order valence-electron chi connectivity index (χ3n) is 4.28. The fraction of sp³-hybridized carbons (Fsp3) is 0.421. The summed E-state index contributed by atoms with van der Waals surface area (Å²) in [5.74, 6) is 0.000287. The maximum atomic E-state index is 12.0. The van der Waals surface area contributed by atoms with Crippen LogP contribution in [0.4, 0.5) is 5.69 Å². The van der Waals surface area contributed by atoms with E-state index >= 15 is 0 Å². The van der Waals surface area contributed by atoms with Gasteiger partial charge in [0.1, 0.15) is 23.1 Å². The summed E-state index contributed by atoms with van der Waals surface area (Å²) in [6, 6.07) is 6.39. The molecule has 1 aliphatic rings. The molecule has 145 valence electrons. The van der Waals surface area contributed by atoms with Crippen LogP contribution in [0.15, 0.2) is 33.5 Å². The SMILES string of the molecule is CO[C@@H]1[CH][C@@H](O)[C@H](Oc2ccc3cc(NC(C)=O)c(=O)oc3c2)OC1(C)C. The van der Waals surface area contributed by atoms with Gasteiger partial charge in [-0.2, -0.15) is 0 Å². The van der Waals surface area contributed by atoms with Crippen molar-refractivity contribution in [2.24, 2.45) is 0 Å². The van der Waals surface area contributed by atoms with Crippen molar-refractivity contribution >= 4 is 22.6 Å². The van der Waals surface area contributed by atoms with Gasteiger partial charge in [0.05, 0.1) is 11.7 Å². The summed E-state index contributed by atoms with van der Waals surface area (Å²) in [5, 5.41) is 13.3. The minimum atomic E-state index is -0.993. The molecule has 2 aromatic rings. The largest absolute Gasteiger partial charge is 0.462 e.